The summed E-state index contributed by atoms with van der Waals surface area (Å²) in [6.07, 6.45) is 0. The number of aromatic nitrogens is 3. The number of rotatable bonds is 6. The molecule has 5 nitrogen and oxygen atoms in total. The molecule has 0 saturated heterocycles. The van der Waals surface area contributed by atoms with Crippen LogP contribution in [0.3, 0.4) is 0 Å². The zero-order chi connectivity index (χ0) is 21.0. The highest BCUT2D eigenvalue weighted by Gasteiger charge is 2.19. The van der Waals surface area contributed by atoms with Gasteiger partial charge in [-0.15, -0.1) is 10.2 Å². The molecule has 1 N–H and O–H groups in total. The van der Waals surface area contributed by atoms with Gasteiger partial charge in [0.2, 0.25) is 5.91 Å². The van der Waals surface area contributed by atoms with E-state index in [2.05, 4.69) is 42.4 Å². The van der Waals surface area contributed by atoms with Crippen LogP contribution in [0.5, 0.6) is 0 Å². The fourth-order valence-electron chi connectivity index (χ4n) is 3.06. The van der Waals surface area contributed by atoms with Crippen molar-refractivity contribution in [1.82, 2.24) is 14.8 Å². The van der Waals surface area contributed by atoms with Crippen LogP contribution in [0.1, 0.15) is 33.3 Å². The van der Waals surface area contributed by atoms with E-state index in [0.717, 1.165) is 27.8 Å². The van der Waals surface area contributed by atoms with Crippen molar-refractivity contribution < 1.29 is 4.79 Å². The highest BCUT2D eigenvalue weighted by molar-refractivity contribution is 7.99. The Morgan fingerprint density at radius 2 is 1.79 bits per heavy atom. The van der Waals surface area contributed by atoms with Crippen molar-refractivity contribution >= 4 is 35.0 Å². The summed E-state index contributed by atoms with van der Waals surface area (Å²) in [5, 5.41) is 13.0. The number of hydrogen-bond donors (Lipinski definition) is 1. The Labute approximate surface area is 180 Å². The maximum Gasteiger partial charge on any atom is 0.234 e. The van der Waals surface area contributed by atoms with E-state index in [0.29, 0.717) is 11.6 Å². The number of halogens is 1. The lowest BCUT2D eigenvalue weighted by Gasteiger charge is -2.22. The molecule has 0 bridgehead atoms. The first-order valence-electron chi connectivity index (χ1n) is 9.51. The van der Waals surface area contributed by atoms with Gasteiger partial charge >= 0.3 is 0 Å². The van der Waals surface area contributed by atoms with Gasteiger partial charge in [0.1, 0.15) is 0 Å². The molecule has 3 rings (SSSR count). The predicted molar refractivity (Wildman–Crippen MR) is 121 cm³/mol. The molecule has 1 amide bonds. The van der Waals surface area contributed by atoms with Crippen LogP contribution in [0, 0.1) is 0 Å². The van der Waals surface area contributed by atoms with Crippen molar-refractivity contribution in [2.45, 2.75) is 44.8 Å². The monoisotopic (exact) mass is 428 g/mol. The molecule has 0 radical (unpaired) electrons. The Hall–Kier alpha value is -2.31. The van der Waals surface area contributed by atoms with E-state index in [1.165, 1.54) is 11.8 Å². The molecule has 29 heavy (non-hydrogen) atoms. The summed E-state index contributed by atoms with van der Waals surface area (Å²) in [6, 6.07) is 15.4. The number of thioether (sulfide) groups is 1. The number of carbonyl (C=O) groups is 1. The lowest BCUT2D eigenvalue weighted by Crippen LogP contribution is -2.20. The summed E-state index contributed by atoms with van der Waals surface area (Å²) < 4.78 is 2.00. The Morgan fingerprint density at radius 3 is 2.45 bits per heavy atom. The minimum atomic E-state index is -0.0644. The number of hydrogen-bond acceptors (Lipinski definition) is 4. The van der Waals surface area contributed by atoms with Crippen molar-refractivity contribution in [2.24, 2.45) is 0 Å². The maximum atomic E-state index is 12.6. The zero-order valence-electron chi connectivity index (χ0n) is 17.1. The largest absolute Gasteiger partial charge is 0.325 e. The number of anilines is 1. The van der Waals surface area contributed by atoms with Crippen LogP contribution in [0.15, 0.2) is 53.7 Å². The van der Waals surface area contributed by atoms with E-state index >= 15 is 0 Å². The predicted octanol–water partition coefficient (Wildman–Crippen LogP) is 5.65. The third-order valence-electron chi connectivity index (χ3n) is 4.48. The average Bonchev–Trinajstić information content (AvgIpc) is 3.09. The Bertz CT molecular complexity index is 993. The van der Waals surface area contributed by atoms with Gasteiger partial charge in [0.05, 0.1) is 5.75 Å². The molecule has 0 atom stereocenters. The van der Waals surface area contributed by atoms with Crippen LogP contribution in [-0.2, 0) is 16.8 Å². The normalized spacial score (nSPS) is 11.5. The molecule has 1 heterocycles. The minimum absolute atomic E-state index is 0.0487. The van der Waals surface area contributed by atoms with Gasteiger partial charge in [0.15, 0.2) is 11.0 Å². The number of amides is 1. The summed E-state index contributed by atoms with van der Waals surface area (Å²) in [7, 11) is 0. The van der Waals surface area contributed by atoms with Crippen molar-refractivity contribution in [3.8, 4) is 11.4 Å². The van der Waals surface area contributed by atoms with Crippen LogP contribution in [0.2, 0.25) is 5.02 Å². The summed E-state index contributed by atoms with van der Waals surface area (Å²) >= 11 is 7.36. The molecular weight excluding hydrogens is 404 g/mol. The van der Waals surface area contributed by atoms with E-state index < -0.39 is 0 Å². The first-order valence-corrected chi connectivity index (χ1v) is 10.9. The van der Waals surface area contributed by atoms with Crippen LogP contribution in [-0.4, -0.2) is 26.4 Å². The number of nitrogens with one attached hydrogen (secondary N) is 1. The van der Waals surface area contributed by atoms with Gasteiger partial charge < -0.3 is 9.88 Å². The molecule has 2 aromatic carbocycles. The molecule has 0 aliphatic carbocycles. The van der Waals surface area contributed by atoms with Crippen molar-refractivity contribution in [1.29, 1.82) is 0 Å². The Morgan fingerprint density at radius 1 is 1.10 bits per heavy atom. The summed E-state index contributed by atoms with van der Waals surface area (Å²) in [5.41, 5.74) is 2.86. The summed E-state index contributed by atoms with van der Waals surface area (Å²) in [5.74, 6) is 0.965. The van der Waals surface area contributed by atoms with Crippen molar-refractivity contribution in [3.63, 3.8) is 0 Å². The molecule has 0 unspecified atom stereocenters. The van der Waals surface area contributed by atoms with E-state index in [-0.39, 0.29) is 17.1 Å². The lowest BCUT2D eigenvalue weighted by atomic mass is 9.86. The van der Waals surface area contributed by atoms with Gasteiger partial charge in [-0.25, -0.2) is 0 Å². The van der Waals surface area contributed by atoms with E-state index in [1.807, 2.05) is 54.0 Å². The first kappa shape index (κ1) is 21.4. The molecule has 3 aromatic rings. The second kappa shape index (κ2) is 9.01. The molecule has 0 fully saturated rings. The fraction of sp³-hybridized carbons (Fsp3) is 0.318. The number of para-hydroxylation sites is 1. The van der Waals surface area contributed by atoms with Gasteiger partial charge in [-0.2, -0.15) is 0 Å². The fourth-order valence-corrected chi connectivity index (χ4v) is 3.98. The third kappa shape index (κ3) is 5.19. The zero-order valence-corrected chi connectivity index (χ0v) is 18.6. The molecule has 0 spiro atoms. The van der Waals surface area contributed by atoms with E-state index in [1.54, 1.807) is 0 Å². The van der Waals surface area contributed by atoms with Gasteiger partial charge in [0, 0.05) is 22.8 Å². The summed E-state index contributed by atoms with van der Waals surface area (Å²) in [4.78, 5) is 12.6. The molecule has 0 aliphatic heterocycles. The third-order valence-corrected chi connectivity index (χ3v) is 5.70. The topological polar surface area (TPSA) is 59.8 Å². The number of carbonyl (C=O) groups excluding carboxylic acids is 1. The lowest BCUT2D eigenvalue weighted by molar-refractivity contribution is -0.113. The van der Waals surface area contributed by atoms with Crippen LogP contribution in [0.4, 0.5) is 5.69 Å². The van der Waals surface area contributed by atoms with Gasteiger partial charge in [-0.05, 0) is 48.2 Å². The number of nitrogens with zero attached hydrogens (tertiary/aromatic N) is 3. The Balaban J connectivity index is 1.71. The second-order valence-corrected chi connectivity index (χ2v) is 9.07. The maximum absolute atomic E-state index is 12.6. The van der Waals surface area contributed by atoms with Crippen molar-refractivity contribution in [3.05, 3.63) is 59.1 Å². The van der Waals surface area contributed by atoms with E-state index in [4.69, 9.17) is 11.6 Å². The standard InChI is InChI=1S/C22H25ClN4OS/c1-5-27-20(15-10-12-16(23)13-11-15)25-26-21(27)29-14-19(28)24-18-9-7-6-8-17(18)22(2,3)4/h6-13H,5,14H2,1-4H3,(H,24,28). The van der Waals surface area contributed by atoms with Gasteiger partial charge in [-0.1, -0.05) is 62.3 Å². The van der Waals surface area contributed by atoms with Crippen LogP contribution < -0.4 is 5.32 Å². The average molecular weight is 429 g/mol. The summed E-state index contributed by atoms with van der Waals surface area (Å²) in [6.45, 7) is 9.15. The van der Waals surface area contributed by atoms with Crippen LogP contribution in [0.25, 0.3) is 11.4 Å². The van der Waals surface area contributed by atoms with E-state index in [9.17, 15) is 4.79 Å². The second-order valence-electron chi connectivity index (χ2n) is 7.69. The number of benzene rings is 2. The van der Waals surface area contributed by atoms with Crippen molar-refractivity contribution in [2.75, 3.05) is 11.1 Å². The smallest absolute Gasteiger partial charge is 0.234 e. The molecule has 1 aromatic heterocycles. The molecule has 0 saturated carbocycles. The molecule has 7 heteroatoms. The SMILES string of the molecule is CCn1c(SCC(=O)Nc2ccccc2C(C)(C)C)nnc1-c1ccc(Cl)cc1. The van der Waals surface area contributed by atoms with Crippen LogP contribution >= 0.6 is 23.4 Å². The highest BCUT2D eigenvalue weighted by Crippen LogP contribution is 2.30. The first-order chi connectivity index (χ1) is 13.8. The molecule has 0 aliphatic rings. The highest BCUT2D eigenvalue weighted by atomic mass is 35.5. The minimum Gasteiger partial charge on any atom is -0.325 e. The quantitative estimate of drug-likeness (QED) is 0.515. The molecular formula is C22H25ClN4OS. The van der Waals surface area contributed by atoms with Gasteiger partial charge in [0.25, 0.3) is 0 Å². The molecule has 152 valence electrons. The Kier molecular flexibility index (Phi) is 6.65. The van der Waals surface area contributed by atoms with Gasteiger partial charge in [-0.3, -0.25) is 4.79 Å².